The van der Waals surface area contributed by atoms with Crippen LogP contribution in [0.4, 0.5) is 5.95 Å². The minimum absolute atomic E-state index is 0.103. The maximum absolute atomic E-state index is 13.1. The normalized spacial score (nSPS) is 13.9. The second-order valence-corrected chi connectivity index (χ2v) is 9.29. The molecule has 0 saturated carbocycles. The van der Waals surface area contributed by atoms with Crippen LogP contribution in [0.2, 0.25) is 5.02 Å². The lowest BCUT2D eigenvalue weighted by atomic mass is 10.2. The number of sulfonamides is 1. The predicted octanol–water partition coefficient (Wildman–Crippen LogP) is 2.88. The van der Waals surface area contributed by atoms with Gasteiger partial charge in [-0.3, -0.25) is 14.3 Å². The molecule has 0 unspecified atom stereocenters. The summed E-state index contributed by atoms with van der Waals surface area (Å²) in [6.45, 7) is 5.33. The quantitative estimate of drug-likeness (QED) is 0.554. The first kappa shape index (κ1) is 22.1. The molecule has 0 bridgehead atoms. The van der Waals surface area contributed by atoms with Crippen LogP contribution in [0.25, 0.3) is 11.4 Å². The fraction of sp³-hybridized carbons (Fsp3) is 0.389. The third-order valence-electron chi connectivity index (χ3n) is 4.45. The highest BCUT2D eigenvalue weighted by molar-refractivity contribution is 7.93. The van der Waals surface area contributed by atoms with E-state index in [9.17, 15) is 8.42 Å². The fourth-order valence-electron chi connectivity index (χ4n) is 2.91. The van der Waals surface area contributed by atoms with Crippen molar-refractivity contribution in [3.8, 4) is 11.4 Å². The molecule has 160 valence electrons. The number of hydrogen-bond acceptors (Lipinski definition) is 8. The first-order chi connectivity index (χ1) is 14.2. The molecule has 30 heavy (non-hydrogen) atoms. The number of hydrogen-bond donors (Lipinski definition) is 1. The van der Waals surface area contributed by atoms with E-state index in [0.717, 1.165) is 5.56 Å². The van der Waals surface area contributed by atoms with E-state index in [-0.39, 0.29) is 17.8 Å². The number of halogens is 1. The Kier molecular flexibility index (Phi) is 6.64. The van der Waals surface area contributed by atoms with Crippen LogP contribution in [-0.2, 0) is 14.8 Å². The molecule has 0 amide bonds. The highest BCUT2D eigenvalue weighted by Gasteiger charge is 2.34. The Morgan fingerprint density at radius 3 is 2.30 bits per heavy atom. The number of pyridine rings is 1. The molecular weight excluding hydrogens is 430 g/mol. The molecule has 0 aromatic carbocycles. The van der Waals surface area contributed by atoms with Crippen molar-refractivity contribution in [1.82, 2.24) is 29.7 Å². The van der Waals surface area contributed by atoms with E-state index >= 15 is 0 Å². The Bertz CT molecular complexity index is 1090. The lowest BCUT2D eigenvalue weighted by Gasteiger charge is -2.22. The molecule has 0 radical (unpaired) electrons. The fourth-order valence-corrected chi connectivity index (χ4v) is 4.14. The van der Waals surface area contributed by atoms with E-state index in [4.69, 9.17) is 16.3 Å². The van der Waals surface area contributed by atoms with Crippen LogP contribution in [0, 0.1) is 0 Å². The van der Waals surface area contributed by atoms with Gasteiger partial charge < -0.3 is 4.74 Å². The highest BCUT2D eigenvalue weighted by atomic mass is 35.5. The van der Waals surface area contributed by atoms with E-state index in [1.54, 1.807) is 29.1 Å². The van der Waals surface area contributed by atoms with E-state index < -0.39 is 21.4 Å². The number of nitrogens with zero attached hydrogens (tertiary/aromatic N) is 6. The van der Waals surface area contributed by atoms with Gasteiger partial charge in [-0.1, -0.05) is 11.6 Å². The molecule has 1 N–H and O–H groups in total. The third-order valence-corrected chi connectivity index (χ3v) is 6.34. The van der Waals surface area contributed by atoms with Crippen molar-refractivity contribution in [3.63, 3.8) is 0 Å². The zero-order valence-corrected chi connectivity index (χ0v) is 18.5. The SMILES string of the molecule is CO[C@H](c1ncc(Cl)cn1)[C@H](C)S(=O)(=O)Nc1nnc(-c2ccncc2)n1C(C)C. The maximum atomic E-state index is 13.1. The van der Waals surface area contributed by atoms with Crippen molar-refractivity contribution in [3.05, 3.63) is 47.8 Å². The molecule has 12 heteroatoms. The number of ether oxygens (including phenoxy) is 1. The summed E-state index contributed by atoms with van der Waals surface area (Å²) in [5, 5.41) is 7.56. The Morgan fingerprint density at radius 2 is 1.73 bits per heavy atom. The monoisotopic (exact) mass is 451 g/mol. The molecule has 3 heterocycles. The summed E-state index contributed by atoms with van der Waals surface area (Å²) in [6.07, 6.45) is 5.14. The van der Waals surface area contributed by atoms with Gasteiger partial charge in [0, 0.05) is 43.5 Å². The van der Waals surface area contributed by atoms with Gasteiger partial charge in [-0.25, -0.2) is 18.4 Å². The molecule has 0 saturated heterocycles. The lowest BCUT2D eigenvalue weighted by molar-refractivity contribution is 0.0950. The third kappa shape index (κ3) is 4.58. The van der Waals surface area contributed by atoms with Gasteiger partial charge in [-0.15, -0.1) is 10.2 Å². The predicted molar refractivity (Wildman–Crippen MR) is 112 cm³/mol. The second-order valence-electron chi connectivity index (χ2n) is 6.81. The molecule has 3 rings (SSSR count). The Morgan fingerprint density at radius 1 is 1.10 bits per heavy atom. The van der Waals surface area contributed by atoms with Gasteiger partial charge in [-0.05, 0) is 32.9 Å². The van der Waals surface area contributed by atoms with E-state index in [1.165, 1.54) is 26.4 Å². The average molecular weight is 452 g/mol. The van der Waals surface area contributed by atoms with Gasteiger partial charge in [-0.2, -0.15) is 0 Å². The Labute approximate surface area is 179 Å². The van der Waals surface area contributed by atoms with Crippen LogP contribution < -0.4 is 4.72 Å². The van der Waals surface area contributed by atoms with Crippen LogP contribution in [-0.4, -0.2) is 50.5 Å². The van der Waals surface area contributed by atoms with Crippen LogP contribution in [0.5, 0.6) is 0 Å². The van der Waals surface area contributed by atoms with Crippen molar-refractivity contribution in [2.75, 3.05) is 11.8 Å². The summed E-state index contributed by atoms with van der Waals surface area (Å²) in [5.74, 6) is 0.847. The number of methoxy groups -OCH3 is 1. The molecule has 0 aliphatic carbocycles. The summed E-state index contributed by atoms with van der Waals surface area (Å²) in [7, 11) is -2.54. The molecule has 0 spiro atoms. The summed E-state index contributed by atoms with van der Waals surface area (Å²) in [6, 6.07) is 3.46. The summed E-state index contributed by atoms with van der Waals surface area (Å²) in [5.41, 5.74) is 0.772. The Balaban J connectivity index is 1.92. The van der Waals surface area contributed by atoms with Crippen LogP contribution in [0.15, 0.2) is 36.9 Å². The topological polar surface area (TPSA) is 125 Å². The molecule has 3 aromatic heterocycles. The van der Waals surface area contributed by atoms with Gasteiger partial charge in [0.1, 0.15) is 11.4 Å². The molecule has 2 atom stereocenters. The summed E-state index contributed by atoms with van der Waals surface area (Å²) in [4.78, 5) is 12.2. The van der Waals surface area contributed by atoms with Gasteiger partial charge in [0.15, 0.2) is 11.6 Å². The van der Waals surface area contributed by atoms with E-state index in [2.05, 4.69) is 29.9 Å². The van der Waals surface area contributed by atoms with Crippen LogP contribution in [0.1, 0.15) is 38.7 Å². The smallest absolute Gasteiger partial charge is 0.240 e. The molecule has 0 aliphatic heterocycles. The number of nitrogens with one attached hydrogen (secondary N) is 1. The van der Waals surface area contributed by atoms with Gasteiger partial charge in [0.25, 0.3) is 0 Å². The minimum Gasteiger partial charge on any atom is -0.372 e. The number of aromatic nitrogens is 6. The summed E-state index contributed by atoms with van der Waals surface area (Å²) >= 11 is 5.82. The first-order valence-electron chi connectivity index (χ1n) is 9.11. The van der Waals surface area contributed by atoms with Gasteiger partial charge >= 0.3 is 0 Å². The lowest BCUT2D eigenvalue weighted by Crippen LogP contribution is -2.33. The Hall–Kier alpha value is -2.63. The first-order valence-corrected chi connectivity index (χ1v) is 11.0. The van der Waals surface area contributed by atoms with Gasteiger partial charge in [0.2, 0.25) is 16.0 Å². The zero-order chi connectivity index (χ0) is 21.9. The van der Waals surface area contributed by atoms with E-state index in [1.807, 2.05) is 13.8 Å². The molecular formula is C18H22ClN7O3S. The van der Waals surface area contributed by atoms with Crippen molar-refractivity contribution in [1.29, 1.82) is 0 Å². The summed E-state index contributed by atoms with van der Waals surface area (Å²) < 4.78 is 35.8. The number of anilines is 1. The molecule has 0 aliphatic rings. The average Bonchev–Trinajstić information content (AvgIpc) is 3.13. The van der Waals surface area contributed by atoms with E-state index in [0.29, 0.717) is 10.8 Å². The van der Waals surface area contributed by atoms with Crippen molar-refractivity contribution >= 4 is 27.6 Å². The van der Waals surface area contributed by atoms with Gasteiger partial charge in [0.05, 0.1) is 5.02 Å². The standard InChI is InChI=1S/C18H22ClN7O3S/c1-11(2)26-17(13-5-7-20-8-6-13)23-24-18(26)25-30(27,28)12(3)15(29-4)16-21-9-14(19)10-22-16/h5-12,15H,1-4H3,(H,24,25)/t12-,15-/m0/s1. The maximum Gasteiger partial charge on any atom is 0.240 e. The van der Waals surface area contributed by atoms with Crippen LogP contribution >= 0.6 is 11.6 Å². The van der Waals surface area contributed by atoms with Crippen molar-refractivity contribution in [2.24, 2.45) is 0 Å². The number of rotatable bonds is 8. The largest absolute Gasteiger partial charge is 0.372 e. The minimum atomic E-state index is -3.93. The molecule has 10 nitrogen and oxygen atoms in total. The van der Waals surface area contributed by atoms with Crippen LogP contribution in [0.3, 0.4) is 0 Å². The van der Waals surface area contributed by atoms with Crippen molar-refractivity contribution < 1.29 is 13.2 Å². The molecule has 0 fully saturated rings. The zero-order valence-electron chi connectivity index (χ0n) is 16.9. The highest BCUT2D eigenvalue weighted by Crippen LogP contribution is 2.28. The van der Waals surface area contributed by atoms with Crippen molar-refractivity contribution in [2.45, 2.75) is 38.2 Å². The second kappa shape index (κ2) is 9.02. The molecule has 3 aromatic rings.